The summed E-state index contributed by atoms with van der Waals surface area (Å²) < 4.78 is 0. The molecular formula is C23H32N4. The van der Waals surface area contributed by atoms with Crippen molar-refractivity contribution in [1.82, 2.24) is 19.9 Å². The molecule has 0 saturated carbocycles. The van der Waals surface area contributed by atoms with Gasteiger partial charge in [-0.25, -0.2) is 9.97 Å². The normalized spacial score (nSPS) is 10.1. The van der Waals surface area contributed by atoms with E-state index in [1.165, 1.54) is 11.1 Å². The van der Waals surface area contributed by atoms with E-state index in [0.717, 1.165) is 5.82 Å². The maximum atomic E-state index is 4.07. The van der Waals surface area contributed by atoms with Crippen LogP contribution >= 0.6 is 0 Å². The maximum Gasteiger partial charge on any atom is 0.130 e. The summed E-state index contributed by atoms with van der Waals surface area (Å²) in [7, 11) is 0. The third kappa shape index (κ3) is 9.59. The van der Waals surface area contributed by atoms with Gasteiger partial charge in [0.05, 0.1) is 0 Å². The quantitative estimate of drug-likeness (QED) is 0.571. The van der Waals surface area contributed by atoms with Crippen molar-refractivity contribution in [2.75, 3.05) is 0 Å². The Bertz CT molecular complexity index is 608. The number of nitrogens with zero attached hydrogens (tertiary/aromatic N) is 4. The molecular weight excluding hydrogens is 332 g/mol. The van der Waals surface area contributed by atoms with Crippen molar-refractivity contribution in [3.63, 3.8) is 0 Å². The predicted molar refractivity (Wildman–Crippen MR) is 113 cm³/mol. The molecule has 0 N–H and O–H groups in total. The first-order chi connectivity index (χ1) is 12.9. The van der Waals surface area contributed by atoms with E-state index in [0.29, 0.717) is 17.8 Å². The van der Waals surface area contributed by atoms with E-state index in [4.69, 9.17) is 0 Å². The molecule has 0 bridgehead atoms. The standard InChI is InChI=1S/2C8H11N.C7H10N2/c1-7(2)8-3-5-9-6-4-8;1-7(2)8-4-3-5-9-6-8;1-6(2)7-8-4-3-5-9-7/h2*3-7H,1-2H3;3-6H,1-2H3. The summed E-state index contributed by atoms with van der Waals surface area (Å²) in [6.07, 6.45) is 10.9. The molecule has 0 aliphatic rings. The van der Waals surface area contributed by atoms with Gasteiger partial charge < -0.3 is 0 Å². The minimum absolute atomic E-state index is 0.436. The lowest BCUT2D eigenvalue weighted by Crippen LogP contribution is -1.93. The summed E-state index contributed by atoms with van der Waals surface area (Å²) in [6, 6.07) is 9.98. The lowest BCUT2D eigenvalue weighted by Gasteiger charge is -2.01. The molecule has 0 unspecified atom stereocenters. The SMILES string of the molecule is CC(C)c1cccnc1.CC(C)c1ccncc1.CC(C)c1ncccn1. The van der Waals surface area contributed by atoms with Gasteiger partial charge in [0.1, 0.15) is 5.82 Å². The van der Waals surface area contributed by atoms with Crippen LogP contribution < -0.4 is 0 Å². The van der Waals surface area contributed by atoms with Gasteiger partial charge in [0, 0.05) is 43.1 Å². The monoisotopic (exact) mass is 364 g/mol. The molecule has 4 heteroatoms. The fourth-order valence-electron chi connectivity index (χ4n) is 2.07. The molecule has 3 aromatic rings. The van der Waals surface area contributed by atoms with Crippen LogP contribution in [0.2, 0.25) is 0 Å². The summed E-state index contributed by atoms with van der Waals surface area (Å²) in [5.74, 6) is 2.57. The molecule has 27 heavy (non-hydrogen) atoms. The number of hydrogen-bond acceptors (Lipinski definition) is 4. The topological polar surface area (TPSA) is 51.6 Å². The van der Waals surface area contributed by atoms with E-state index in [1.807, 2.05) is 42.9 Å². The first-order valence-corrected chi connectivity index (χ1v) is 9.48. The van der Waals surface area contributed by atoms with E-state index in [1.54, 1.807) is 18.6 Å². The molecule has 3 rings (SSSR count). The molecule has 0 aliphatic heterocycles. The van der Waals surface area contributed by atoms with Gasteiger partial charge in [0.2, 0.25) is 0 Å². The van der Waals surface area contributed by atoms with Crippen LogP contribution in [0.1, 0.15) is 76.2 Å². The van der Waals surface area contributed by atoms with Gasteiger partial charge in [0.15, 0.2) is 0 Å². The Morgan fingerprint density at radius 3 is 1.48 bits per heavy atom. The average molecular weight is 365 g/mol. The molecule has 0 spiro atoms. The highest BCUT2D eigenvalue weighted by Gasteiger charge is 1.97. The molecule has 3 aromatic heterocycles. The Kier molecular flexibility index (Phi) is 10.5. The molecule has 4 nitrogen and oxygen atoms in total. The lowest BCUT2D eigenvalue weighted by molar-refractivity contribution is 0.774. The molecule has 0 saturated heterocycles. The zero-order valence-electron chi connectivity index (χ0n) is 17.4. The number of pyridine rings is 2. The fourth-order valence-corrected chi connectivity index (χ4v) is 2.07. The van der Waals surface area contributed by atoms with Gasteiger partial charge in [-0.15, -0.1) is 0 Å². The van der Waals surface area contributed by atoms with Crippen LogP contribution in [0, 0.1) is 0 Å². The van der Waals surface area contributed by atoms with E-state index in [9.17, 15) is 0 Å². The van der Waals surface area contributed by atoms with Gasteiger partial charge in [0.25, 0.3) is 0 Å². The van der Waals surface area contributed by atoms with Crippen molar-refractivity contribution in [3.05, 3.63) is 84.5 Å². The minimum Gasteiger partial charge on any atom is -0.265 e. The van der Waals surface area contributed by atoms with Gasteiger partial charge in [-0.3, -0.25) is 9.97 Å². The average Bonchev–Trinajstić information content (AvgIpc) is 2.71. The lowest BCUT2D eigenvalue weighted by atomic mass is 10.1. The summed E-state index contributed by atoms with van der Waals surface area (Å²) >= 11 is 0. The highest BCUT2D eigenvalue weighted by Crippen LogP contribution is 2.11. The van der Waals surface area contributed by atoms with E-state index in [2.05, 4.69) is 67.5 Å². The highest BCUT2D eigenvalue weighted by molar-refractivity contribution is 5.13. The Morgan fingerprint density at radius 2 is 1.15 bits per heavy atom. The Balaban J connectivity index is 0.000000202. The van der Waals surface area contributed by atoms with Crippen LogP contribution in [0.3, 0.4) is 0 Å². The molecule has 0 amide bonds. The van der Waals surface area contributed by atoms with Gasteiger partial charge >= 0.3 is 0 Å². The summed E-state index contributed by atoms with van der Waals surface area (Å²) in [6.45, 7) is 12.8. The summed E-state index contributed by atoms with van der Waals surface area (Å²) in [5, 5.41) is 0. The maximum absolute atomic E-state index is 4.07. The Morgan fingerprint density at radius 1 is 0.556 bits per heavy atom. The van der Waals surface area contributed by atoms with E-state index >= 15 is 0 Å². The highest BCUT2D eigenvalue weighted by atomic mass is 14.9. The minimum atomic E-state index is 0.436. The summed E-state index contributed by atoms with van der Waals surface area (Å²) in [4.78, 5) is 16.1. The molecule has 0 aliphatic carbocycles. The smallest absolute Gasteiger partial charge is 0.130 e. The fraction of sp³-hybridized carbons (Fsp3) is 0.391. The molecule has 0 fully saturated rings. The Labute approximate surface area is 164 Å². The third-order valence-corrected chi connectivity index (χ3v) is 3.83. The second-order valence-corrected chi connectivity index (χ2v) is 7.14. The number of aromatic nitrogens is 4. The first-order valence-electron chi connectivity index (χ1n) is 9.48. The van der Waals surface area contributed by atoms with Crippen molar-refractivity contribution in [2.45, 2.75) is 59.3 Å². The second kappa shape index (κ2) is 12.7. The van der Waals surface area contributed by atoms with Gasteiger partial charge in [-0.2, -0.15) is 0 Å². The van der Waals surface area contributed by atoms with Crippen LogP contribution in [0.15, 0.2) is 67.5 Å². The zero-order chi connectivity index (χ0) is 20.1. The Hall–Kier alpha value is -2.62. The van der Waals surface area contributed by atoms with Crippen LogP contribution in [0.25, 0.3) is 0 Å². The van der Waals surface area contributed by atoms with Crippen LogP contribution in [-0.4, -0.2) is 19.9 Å². The number of hydrogen-bond donors (Lipinski definition) is 0. The molecule has 0 radical (unpaired) electrons. The van der Waals surface area contributed by atoms with Crippen molar-refractivity contribution >= 4 is 0 Å². The van der Waals surface area contributed by atoms with Crippen LogP contribution in [-0.2, 0) is 0 Å². The van der Waals surface area contributed by atoms with Gasteiger partial charge in [-0.05, 0) is 47.2 Å². The van der Waals surface area contributed by atoms with Crippen LogP contribution in [0.5, 0.6) is 0 Å². The van der Waals surface area contributed by atoms with Crippen LogP contribution in [0.4, 0.5) is 0 Å². The van der Waals surface area contributed by atoms with E-state index < -0.39 is 0 Å². The summed E-state index contributed by atoms with van der Waals surface area (Å²) in [5.41, 5.74) is 2.66. The van der Waals surface area contributed by atoms with Crippen molar-refractivity contribution in [1.29, 1.82) is 0 Å². The molecule has 144 valence electrons. The number of rotatable bonds is 3. The van der Waals surface area contributed by atoms with E-state index in [-0.39, 0.29) is 0 Å². The van der Waals surface area contributed by atoms with Gasteiger partial charge in [-0.1, -0.05) is 47.6 Å². The van der Waals surface area contributed by atoms with Crippen molar-refractivity contribution in [2.24, 2.45) is 0 Å². The second-order valence-electron chi connectivity index (χ2n) is 7.14. The predicted octanol–water partition coefficient (Wildman–Crippen LogP) is 6.01. The zero-order valence-corrected chi connectivity index (χ0v) is 17.4. The van der Waals surface area contributed by atoms with Crippen molar-refractivity contribution in [3.8, 4) is 0 Å². The molecule has 0 aromatic carbocycles. The third-order valence-electron chi connectivity index (χ3n) is 3.83. The van der Waals surface area contributed by atoms with Crippen molar-refractivity contribution < 1.29 is 0 Å². The molecule has 0 atom stereocenters. The first kappa shape index (κ1) is 22.4. The largest absolute Gasteiger partial charge is 0.265 e. The molecule has 3 heterocycles.